The van der Waals surface area contributed by atoms with Crippen LogP contribution in [0.1, 0.15) is 25.7 Å². The predicted octanol–water partition coefficient (Wildman–Crippen LogP) is 1.82. The van der Waals surface area contributed by atoms with Crippen molar-refractivity contribution < 1.29 is 9.59 Å². The van der Waals surface area contributed by atoms with Crippen LogP contribution in [0.15, 0.2) is 11.6 Å². The van der Waals surface area contributed by atoms with Gasteiger partial charge in [0.15, 0.2) is 5.13 Å². The first-order valence-electron chi connectivity index (χ1n) is 5.56. The number of carbonyl (C=O) groups excluding carboxylic acids is 2. The third-order valence-electron chi connectivity index (χ3n) is 3.45. The van der Waals surface area contributed by atoms with Crippen molar-refractivity contribution >= 4 is 28.3 Å². The molecule has 2 amide bonds. The van der Waals surface area contributed by atoms with E-state index in [9.17, 15) is 9.59 Å². The third-order valence-corrected chi connectivity index (χ3v) is 4.21. The molecule has 84 valence electrons. The molecule has 0 unspecified atom stereocenters. The highest BCUT2D eigenvalue weighted by Gasteiger charge is 2.49. The van der Waals surface area contributed by atoms with Gasteiger partial charge >= 0.3 is 0 Å². The number of hydrogen-bond donors (Lipinski definition) is 0. The van der Waals surface area contributed by atoms with Gasteiger partial charge in [0.1, 0.15) is 0 Å². The maximum Gasteiger partial charge on any atom is 0.239 e. The second kappa shape index (κ2) is 3.66. The minimum absolute atomic E-state index is 0.0374. The first-order chi connectivity index (χ1) is 7.79. The Morgan fingerprint density at radius 1 is 1.19 bits per heavy atom. The van der Waals surface area contributed by atoms with Gasteiger partial charge in [-0.3, -0.25) is 9.59 Å². The van der Waals surface area contributed by atoms with E-state index in [1.165, 1.54) is 16.2 Å². The Balaban J connectivity index is 1.96. The van der Waals surface area contributed by atoms with Gasteiger partial charge in [-0.1, -0.05) is 12.8 Å². The molecule has 1 saturated carbocycles. The lowest BCUT2D eigenvalue weighted by molar-refractivity contribution is -0.122. The number of hydrogen-bond acceptors (Lipinski definition) is 4. The molecular weight excluding hydrogens is 224 g/mol. The fourth-order valence-corrected chi connectivity index (χ4v) is 3.33. The zero-order valence-electron chi connectivity index (χ0n) is 8.76. The molecular formula is C11H12N2O2S. The number of imide groups is 1. The summed E-state index contributed by atoms with van der Waals surface area (Å²) < 4.78 is 0. The lowest BCUT2D eigenvalue weighted by Gasteiger charge is -2.19. The zero-order chi connectivity index (χ0) is 11.1. The molecule has 1 aromatic heterocycles. The summed E-state index contributed by atoms with van der Waals surface area (Å²) in [5.41, 5.74) is 0. The van der Waals surface area contributed by atoms with E-state index < -0.39 is 0 Å². The van der Waals surface area contributed by atoms with Crippen LogP contribution in [0, 0.1) is 11.8 Å². The van der Waals surface area contributed by atoms with Gasteiger partial charge in [0, 0.05) is 11.6 Å². The molecule has 1 aliphatic carbocycles. The molecule has 2 atom stereocenters. The highest BCUT2D eigenvalue weighted by molar-refractivity contribution is 7.14. The summed E-state index contributed by atoms with van der Waals surface area (Å²) in [5, 5.41) is 2.32. The Morgan fingerprint density at radius 3 is 2.31 bits per heavy atom. The van der Waals surface area contributed by atoms with Crippen molar-refractivity contribution in [1.29, 1.82) is 0 Å². The molecule has 5 heteroatoms. The van der Waals surface area contributed by atoms with Gasteiger partial charge in [0.25, 0.3) is 0 Å². The highest BCUT2D eigenvalue weighted by atomic mass is 32.1. The van der Waals surface area contributed by atoms with Crippen LogP contribution in [0.3, 0.4) is 0 Å². The van der Waals surface area contributed by atoms with Crippen molar-refractivity contribution in [2.75, 3.05) is 4.90 Å². The molecule has 4 nitrogen and oxygen atoms in total. The lowest BCUT2D eigenvalue weighted by Crippen LogP contribution is -2.30. The van der Waals surface area contributed by atoms with E-state index >= 15 is 0 Å². The molecule has 2 aliphatic rings. The lowest BCUT2D eigenvalue weighted by atomic mass is 9.81. The Bertz CT molecular complexity index is 405. The van der Waals surface area contributed by atoms with Crippen molar-refractivity contribution in [3.63, 3.8) is 0 Å². The number of anilines is 1. The van der Waals surface area contributed by atoms with Crippen LogP contribution in [0.25, 0.3) is 0 Å². The van der Waals surface area contributed by atoms with Gasteiger partial charge in [0.2, 0.25) is 11.8 Å². The number of aromatic nitrogens is 1. The molecule has 0 aromatic carbocycles. The van der Waals surface area contributed by atoms with E-state index in [0.717, 1.165) is 25.7 Å². The summed E-state index contributed by atoms with van der Waals surface area (Å²) in [6, 6.07) is 0. The van der Waals surface area contributed by atoms with Gasteiger partial charge < -0.3 is 0 Å². The average molecular weight is 236 g/mol. The van der Waals surface area contributed by atoms with Crippen LogP contribution in [-0.2, 0) is 9.59 Å². The molecule has 1 saturated heterocycles. The number of rotatable bonds is 1. The summed E-state index contributed by atoms with van der Waals surface area (Å²) in [5.74, 6) is -0.232. The second-order valence-corrected chi connectivity index (χ2v) is 5.20. The van der Waals surface area contributed by atoms with Crippen LogP contribution in [0.4, 0.5) is 5.13 Å². The molecule has 0 bridgehead atoms. The zero-order valence-corrected chi connectivity index (χ0v) is 9.57. The predicted molar refractivity (Wildman–Crippen MR) is 60.1 cm³/mol. The van der Waals surface area contributed by atoms with Crippen molar-refractivity contribution in [3.05, 3.63) is 11.6 Å². The van der Waals surface area contributed by atoms with Crippen molar-refractivity contribution in [1.82, 2.24) is 4.98 Å². The van der Waals surface area contributed by atoms with Crippen molar-refractivity contribution in [2.24, 2.45) is 11.8 Å². The number of carbonyl (C=O) groups is 2. The molecule has 0 radical (unpaired) electrons. The Hall–Kier alpha value is -1.23. The maximum absolute atomic E-state index is 12.1. The summed E-state index contributed by atoms with van der Waals surface area (Å²) in [6.45, 7) is 0. The molecule has 0 N–H and O–H groups in total. The van der Waals surface area contributed by atoms with E-state index in [2.05, 4.69) is 4.98 Å². The summed E-state index contributed by atoms with van der Waals surface area (Å²) in [6.07, 6.45) is 5.47. The SMILES string of the molecule is O=C1[C@H]2CCCC[C@H]2C(=O)N1c1nccs1. The summed E-state index contributed by atoms with van der Waals surface area (Å²) in [4.78, 5) is 29.6. The molecule has 16 heavy (non-hydrogen) atoms. The standard InChI is InChI=1S/C11H12N2O2S/c14-9-7-3-1-2-4-8(7)10(15)13(9)11-12-5-6-16-11/h5-8H,1-4H2/t7-,8+. The fourth-order valence-electron chi connectivity index (χ4n) is 2.68. The Morgan fingerprint density at radius 2 is 1.81 bits per heavy atom. The van der Waals surface area contributed by atoms with Gasteiger partial charge in [-0.05, 0) is 12.8 Å². The largest absolute Gasteiger partial charge is 0.274 e. The smallest absolute Gasteiger partial charge is 0.239 e. The molecule has 1 aliphatic heterocycles. The number of thiazole rings is 1. The molecule has 1 aromatic rings. The van der Waals surface area contributed by atoms with Crippen molar-refractivity contribution in [3.8, 4) is 0 Å². The van der Waals surface area contributed by atoms with Crippen LogP contribution in [0.5, 0.6) is 0 Å². The maximum atomic E-state index is 12.1. The van der Waals surface area contributed by atoms with Crippen LogP contribution in [0.2, 0.25) is 0 Å². The molecule has 2 fully saturated rings. The van der Waals surface area contributed by atoms with Crippen LogP contribution < -0.4 is 4.90 Å². The third kappa shape index (κ3) is 1.31. The quantitative estimate of drug-likeness (QED) is 0.699. The first-order valence-corrected chi connectivity index (χ1v) is 6.44. The Kier molecular flexibility index (Phi) is 2.28. The van der Waals surface area contributed by atoms with E-state index in [1.807, 2.05) is 0 Å². The molecule has 3 rings (SSSR count). The second-order valence-electron chi connectivity index (χ2n) is 4.32. The van der Waals surface area contributed by atoms with Crippen LogP contribution in [-0.4, -0.2) is 16.8 Å². The number of amides is 2. The normalized spacial score (nSPS) is 29.6. The van der Waals surface area contributed by atoms with E-state index in [-0.39, 0.29) is 23.7 Å². The van der Waals surface area contributed by atoms with E-state index in [1.54, 1.807) is 11.6 Å². The molecule has 2 heterocycles. The summed E-state index contributed by atoms with van der Waals surface area (Å²) in [7, 11) is 0. The van der Waals surface area contributed by atoms with Gasteiger partial charge in [-0.15, -0.1) is 11.3 Å². The van der Waals surface area contributed by atoms with Crippen molar-refractivity contribution in [2.45, 2.75) is 25.7 Å². The van der Waals surface area contributed by atoms with Crippen LogP contribution >= 0.6 is 11.3 Å². The van der Waals surface area contributed by atoms with E-state index in [0.29, 0.717) is 5.13 Å². The minimum atomic E-state index is -0.0786. The van der Waals surface area contributed by atoms with Gasteiger partial charge in [-0.25, -0.2) is 9.88 Å². The highest BCUT2D eigenvalue weighted by Crippen LogP contribution is 2.40. The monoisotopic (exact) mass is 236 g/mol. The topological polar surface area (TPSA) is 50.3 Å². The number of fused-ring (bicyclic) bond motifs is 1. The summed E-state index contributed by atoms with van der Waals surface area (Å²) >= 11 is 1.35. The van der Waals surface area contributed by atoms with Gasteiger partial charge in [0.05, 0.1) is 11.8 Å². The van der Waals surface area contributed by atoms with E-state index in [4.69, 9.17) is 0 Å². The van der Waals surface area contributed by atoms with Gasteiger partial charge in [-0.2, -0.15) is 0 Å². The fraction of sp³-hybridized carbons (Fsp3) is 0.545. The minimum Gasteiger partial charge on any atom is -0.274 e. The number of nitrogens with zero attached hydrogens (tertiary/aromatic N) is 2. The molecule has 0 spiro atoms. The average Bonchev–Trinajstić information content (AvgIpc) is 2.89. The Labute approximate surface area is 97.3 Å². The first kappa shape index (κ1) is 9.96.